The van der Waals surface area contributed by atoms with Crippen molar-refractivity contribution >= 4 is 11.0 Å². The number of imidazole rings is 1. The predicted molar refractivity (Wildman–Crippen MR) is 94.2 cm³/mol. The zero-order chi connectivity index (χ0) is 16.9. The SMILES string of the molecule is COc1ccc(CCCn2cnc3ccccc32)c(OC)c1OC. The van der Waals surface area contributed by atoms with Crippen molar-refractivity contribution in [3.63, 3.8) is 0 Å². The Morgan fingerprint density at radius 2 is 1.71 bits per heavy atom. The monoisotopic (exact) mass is 326 g/mol. The maximum Gasteiger partial charge on any atom is 0.203 e. The molecule has 3 rings (SSSR count). The van der Waals surface area contributed by atoms with Gasteiger partial charge >= 0.3 is 0 Å². The molecule has 0 radical (unpaired) electrons. The smallest absolute Gasteiger partial charge is 0.203 e. The molecule has 0 unspecified atom stereocenters. The van der Waals surface area contributed by atoms with E-state index in [4.69, 9.17) is 14.2 Å². The third-order valence-electron chi connectivity index (χ3n) is 4.16. The summed E-state index contributed by atoms with van der Waals surface area (Å²) in [5, 5.41) is 0. The Bertz CT molecular complexity index is 827. The van der Waals surface area contributed by atoms with Crippen LogP contribution in [0.5, 0.6) is 17.2 Å². The van der Waals surface area contributed by atoms with Crippen molar-refractivity contribution in [1.29, 1.82) is 0 Å². The van der Waals surface area contributed by atoms with Gasteiger partial charge in [0.05, 0.1) is 38.7 Å². The molecule has 126 valence electrons. The van der Waals surface area contributed by atoms with Crippen LogP contribution in [0.2, 0.25) is 0 Å². The Morgan fingerprint density at radius 3 is 2.46 bits per heavy atom. The molecule has 1 heterocycles. The summed E-state index contributed by atoms with van der Waals surface area (Å²) in [4.78, 5) is 4.43. The van der Waals surface area contributed by atoms with Crippen LogP contribution < -0.4 is 14.2 Å². The van der Waals surface area contributed by atoms with Crippen molar-refractivity contribution in [3.05, 3.63) is 48.3 Å². The van der Waals surface area contributed by atoms with Gasteiger partial charge in [0.1, 0.15) is 0 Å². The first-order valence-corrected chi connectivity index (χ1v) is 7.96. The summed E-state index contributed by atoms with van der Waals surface area (Å²) >= 11 is 0. The number of aromatic nitrogens is 2. The maximum absolute atomic E-state index is 5.54. The highest BCUT2D eigenvalue weighted by molar-refractivity contribution is 5.74. The van der Waals surface area contributed by atoms with Crippen LogP contribution in [-0.2, 0) is 13.0 Å². The number of fused-ring (bicyclic) bond motifs is 1. The molecule has 0 bridgehead atoms. The van der Waals surface area contributed by atoms with Gasteiger partial charge in [-0.15, -0.1) is 0 Å². The average molecular weight is 326 g/mol. The second-order valence-corrected chi connectivity index (χ2v) is 5.52. The molecule has 0 saturated carbocycles. The third kappa shape index (κ3) is 3.02. The maximum atomic E-state index is 5.54. The number of nitrogens with zero attached hydrogens (tertiary/aromatic N) is 2. The molecule has 5 nitrogen and oxygen atoms in total. The third-order valence-corrected chi connectivity index (χ3v) is 4.16. The summed E-state index contributed by atoms with van der Waals surface area (Å²) in [6.45, 7) is 0.901. The van der Waals surface area contributed by atoms with Crippen LogP contribution in [0.25, 0.3) is 11.0 Å². The summed E-state index contributed by atoms with van der Waals surface area (Å²) < 4.78 is 18.5. The minimum atomic E-state index is 0.644. The summed E-state index contributed by atoms with van der Waals surface area (Å²) in [6, 6.07) is 12.1. The molecule has 0 N–H and O–H groups in total. The van der Waals surface area contributed by atoms with Crippen LogP contribution in [0.4, 0.5) is 0 Å². The van der Waals surface area contributed by atoms with E-state index in [-0.39, 0.29) is 0 Å². The molecular weight excluding hydrogens is 304 g/mol. The highest BCUT2D eigenvalue weighted by Gasteiger charge is 2.15. The first kappa shape index (κ1) is 16.2. The molecule has 0 aliphatic heterocycles. The lowest BCUT2D eigenvalue weighted by Gasteiger charge is -2.15. The van der Waals surface area contributed by atoms with Crippen LogP contribution >= 0.6 is 0 Å². The fraction of sp³-hybridized carbons (Fsp3) is 0.316. The van der Waals surface area contributed by atoms with E-state index < -0.39 is 0 Å². The Morgan fingerprint density at radius 1 is 0.917 bits per heavy atom. The number of methoxy groups -OCH3 is 3. The van der Waals surface area contributed by atoms with E-state index in [0.29, 0.717) is 11.5 Å². The van der Waals surface area contributed by atoms with E-state index >= 15 is 0 Å². The van der Waals surface area contributed by atoms with Crippen LogP contribution in [-0.4, -0.2) is 30.9 Å². The zero-order valence-corrected chi connectivity index (χ0v) is 14.3. The fourth-order valence-electron chi connectivity index (χ4n) is 2.99. The summed E-state index contributed by atoms with van der Waals surface area (Å²) in [5.74, 6) is 2.07. The average Bonchev–Trinajstić information content (AvgIpc) is 3.04. The van der Waals surface area contributed by atoms with Gasteiger partial charge in [0.2, 0.25) is 5.75 Å². The van der Waals surface area contributed by atoms with Gasteiger partial charge in [-0.3, -0.25) is 0 Å². The zero-order valence-electron chi connectivity index (χ0n) is 14.3. The Kier molecular flexibility index (Phi) is 4.89. The molecule has 0 fully saturated rings. The summed E-state index contributed by atoms with van der Waals surface area (Å²) in [5.41, 5.74) is 3.30. The van der Waals surface area contributed by atoms with Crippen LogP contribution in [0.3, 0.4) is 0 Å². The summed E-state index contributed by atoms with van der Waals surface area (Å²) in [6.07, 6.45) is 3.76. The van der Waals surface area contributed by atoms with Crippen molar-refractivity contribution in [2.75, 3.05) is 21.3 Å². The fourth-order valence-corrected chi connectivity index (χ4v) is 2.99. The van der Waals surface area contributed by atoms with Crippen molar-refractivity contribution in [2.45, 2.75) is 19.4 Å². The van der Waals surface area contributed by atoms with E-state index in [1.165, 1.54) is 0 Å². The Hall–Kier alpha value is -2.69. The number of hydrogen-bond donors (Lipinski definition) is 0. The van der Waals surface area contributed by atoms with Gasteiger partial charge in [-0.25, -0.2) is 4.98 Å². The molecule has 0 saturated heterocycles. The first-order chi connectivity index (χ1) is 11.8. The van der Waals surface area contributed by atoms with Crippen molar-refractivity contribution in [3.8, 4) is 17.2 Å². The molecule has 3 aromatic rings. The van der Waals surface area contributed by atoms with E-state index in [1.54, 1.807) is 21.3 Å². The minimum absolute atomic E-state index is 0.644. The van der Waals surface area contributed by atoms with E-state index in [0.717, 1.165) is 41.7 Å². The van der Waals surface area contributed by atoms with E-state index in [9.17, 15) is 0 Å². The van der Waals surface area contributed by atoms with Crippen LogP contribution in [0.1, 0.15) is 12.0 Å². The number of ether oxygens (including phenoxy) is 3. The lowest BCUT2D eigenvalue weighted by Crippen LogP contribution is -2.02. The van der Waals surface area contributed by atoms with E-state index in [2.05, 4.69) is 15.6 Å². The van der Waals surface area contributed by atoms with Crippen LogP contribution in [0.15, 0.2) is 42.7 Å². The second-order valence-electron chi connectivity index (χ2n) is 5.52. The Balaban J connectivity index is 1.75. The molecule has 0 spiro atoms. The lowest BCUT2D eigenvalue weighted by molar-refractivity contribution is 0.322. The number of hydrogen-bond acceptors (Lipinski definition) is 4. The van der Waals surface area contributed by atoms with Gasteiger partial charge in [0.25, 0.3) is 0 Å². The molecule has 24 heavy (non-hydrogen) atoms. The topological polar surface area (TPSA) is 45.5 Å². The number of rotatable bonds is 7. The molecule has 0 amide bonds. The second kappa shape index (κ2) is 7.25. The van der Waals surface area contributed by atoms with Gasteiger partial charge in [-0.1, -0.05) is 18.2 Å². The summed E-state index contributed by atoms with van der Waals surface area (Å²) in [7, 11) is 4.91. The van der Waals surface area contributed by atoms with Crippen LogP contribution in [0, 0.1) is 0 Å². The highest BCUT2D eigenvalue weighted by atomic mass is 16.5. The van der Waals surface area contributed by atoms with Gasteiger partial charge in [-0.05, 0) is 36.6 Å². The first-order valence-electron chi connectivity index (χ1n) is 7.96. The van der Waals surface area contributed by atoms with E-state index in [1.807, 2.05) is 36.7 Å². The normalized spacial score (nSPS) is 10.8. The molecule has 0 atom stereocenters. The quantitative estimate of drug-likeness (QED) is 0.664. The molecule has 1 aromatic heterocycles. The number of para-hydroxylation sites is 2. The number of aryl methyl sites for hydroxylation is 2. The van der Waals surface area contributed by atoms with Gasteiger partial charge in [-0.2, -0.15) is 0 Å². The predicted octanol–water partition coefficient (Wildman–Crippen LogP) is 3.69. The Labute approximate surface area is 141 Å². The standard InChI is InChI=1S/C19H22N2O3/c1-22-17-11-10-14(18(23-2)19(17)24-3)7-6-12-21-13-20-15-8-4-5-9-16(15)21/h4-5,8-11,13H,6-7,12H2,1-3H3. The van der Waals surface area contributed by atoms with Gasteiger partial charge in [0, 0.05) is 6.54 Å². The largest absolute Gasteiger partial charge is 0.493 e. The van der Waals surface area contributed by atoms with Gasteiger partial charge < -0.3 is 18.8 Å². The molecule has 0 aliphatic rings. The van der Waals surface area contributed by atoms with Crippen molar-refractivity contribution < 1.29 is 14.2 Å². The lowest BCUT2D eigenvalue weighted by atomic mass is 10.1. The minimum Gasteiger partial charge on any atom is -0.493 e. The van der Waals surface area contributed by atoms with Crippen molar-refractivity contribution in [1.82, 2.24) is 9.55 Å². The number of benzene rings is 2. The molecule has 2 aromatic carbocycles. The van der Waals surface area contributed by atoms with Gasteiger partial charge in [0.15, 0.2) is 11.5 Å². The highest BCUT2D eigenvalue weighted by Crippen LogP contribution is 2.40. The molecular formula is C19H22N2O3. The molecule has 5 heteroatoms. The molecule has 0 aliphatic carbocycles. The van der Waals surface area contributed by atoms with Crippen molar-refractivity contribution in [2.24, 2.45) is 0 Å².